The van der Waals surface area contributed by atoms with Crippen molar-refractivity contribution < 1.29 is 24.2 Å². The number of carbonyl (C=O) groups excluding carboxylic acids is 2. The molecular weight excluding hydrogens is 362 g/mol. The molecule has 0 aliphatic carbocycles. The first-order chi connectivity index (χ1) is 13.5. The van der Waals surface area contributed by atoms with Gasteiger partial charge in [0.25, 0.3) is 5.91 Å². The summed E-state index contributed by atoms with van der Waals surface area (Å²) in [6.07, 6.45) is 0. The molecule has 1 amide bonds. The number of aromatic hydroxyl groups is 1. The lowest BCUT2D eigenvalue weighted by molar-refractivity contribution is 0.0597. The van der Waals surface area contributed by atoms with Crippen LogP contribution in [0, 0.1) is 0 Å². The molecule has 8 nitrogen and oxygen atoms in total. The number of esters is 1. The van der Waals surface area contributed by atoms with Gasteiger partial charge in [-0.1, -0.05) is 24.3 Å². The van der Waals surface area contributed by atoms with Crippen LogP contribution < -0.4 is 10.5 Å². The Hall–Kier alpha value is -3.94. The van der Waals surface area contributed by atoms with Crippen molar-refractivity contribution in [3.63, 3.8) is 0 Å². The van der Waals surface area contributed by atoms with Gasteiger partial charge in [0.1, 0.15) is 28.1 Å². The number of nitrogens with two attached hydrogens (primary N) is 1. The summed E-state index contributed by atoms with van der Waals surface area (Å²) in [5.41, 5.74) is 6.87. The van der Waals surface area contributed by atoms with Crippen LogP contribution in [0.5, 0.6) is 11.5 Å². The quantitative estimate of drug-likeness (QED) is 0.319. The predicted molar refractivity (Wildman–Crippen MR) is 103 cm³/mol. The van der Waals surface area contributed by atoms with Gasteiger partial charge in [0.05, 0.1) is 30.8 Å². The number of benzene rings is 3. The molecule has 0 aliphatic rings. The topological polar surface area (TPSA) is 125 Å². The van der Waals surface area contributed by atoms with Crippen molar-refractivity contribution in [1.82, 2.24) is 9.97 Å². The molecule has 8 heteroatoms. The summed E-state index contributed by atoms with van der Waals surface area (Å²) in [6, 6.07) is 9.99. The van der Waals surface area contributed by atoms with E-state index in [4.69, 9.17) is 15.2 Å². The second-order valence-corrected chi connectivity index (χ2v) is 6.09. The summed E-state index contributed by atoms with van der Waals surface area (Å²) in [4.78, 5) is 33.2. The summed E-state index contributed by atoms with van der Waals surface area (Å²) in [5.74, 6) is -1.40. The van der Waals surface area contributed by atoms with Crippen LogP contribution in [0.4, 0.5) is 0 Å². The molecule has 1 heterocycles. The van der Waals surface area contributed by atoms with Crippen molar-refractivity contribution in [2.75, 3.05) is 14.2 Å². The molecule has 0 fully saturated rings. The Kier molecular flexibility index (Phi) is 3.96. The third-order valence-electron chi connectivity index (χ3n) is 4.55. The number of phenols is 1. The summed E-state index contributed by atoms with van der Waals surface area (Å²) in [7, 11) is 2.69. The fraction of sp³-hybridized carbons (Fsp3) is 0.100. The largest absolute Gasteiger partial charge is 0.506 e. The molecule has 0 atom stereocenters. The molecule has 1 aromatic heterocycles. The third kappa shape index (κ3) is 2.46. The van der Waals surface area contributed by atoms with E-state index in [0.29, 0.717) is 27.3 Å². The number of primary amides is 1. The van der Waals surface area contributed by atoms with Crippen molar-refractivity contribution in [3.05, 3.63) is 47.5 Å². The van der Waals surface area contributed by atoms with Crippen molar-refractivity contribution in [2.45, 2.75) is 0 Å². The van der Waals surface area contributed by atoms with E-state index in [1.54, 1.807) is 30.3 Å². The van der Waals surface area contributed by atoms with Gasteiger partial charge in [-0.3, -0.25) is 4.79 Å². The first-order valence-corrected chi connectivity index (χ1v) is 8.27. The monoisotopic (exact) mass is 377 g/mol. The normalized spacial score (nSPS) is 11.1. The molecule has 0 bridgehead atoms. The molecule has 4 rings (SSSR count). The Bertz CT molecular complexity index is 1300. The van der Waals surface area contributed by atoms with Crippen LogP contribution in [0.2, 0.25) is 0 Å². The molecule has 0 radical (unpaired) electrons. The number of nitrogens with zero attached hydrogens (tertiary/aromatic N) is 2. The summed E-state index contributed by atoms with van der Waals surface area (Å²) >= 11 is 0. The van der Waals surface area contributed by atoms with Crippen molar-refractivity contribution in [2.24, 2.45) is 5.73 Å². The number of rotatable bonds is 3. The summed E-state index contributed by atoms with van der Waals surface area (Å²) < 4.78 is 10.0. The molecule has 0 saturated heterocycles. The van der Waals surface area contributed by atoms with E-state index >= 15 is 0 Å². The smallest absolute Gasteiger partial charge is 0.341 e. The summed E-state index contributed by atoms with van der Waals surface area (Å²) in [6.45, 7) is 0. The van der Waals surface area contributed by atoms with E-state index in [1.165, 1.54) is 20.3 Å². The molecular formula is C20H15N3O5. The molecule has 0 saturated carbocycles. The highest BCUT2D eigenvalue weighted by atomic mass is 16.5. The van der Waals surface area contributed by atoms with Gasteiger partial charge in [0.2, 0.25) is 0 Å². The van der Waals surface area contributed by atoms with Crippen LogP contribution in [0.15, 0.2) is 36.4 Å². The zero-order valence-electron chi connectivity index (χ0n) is 15.0. The van der Waals surface area contributed by atoms with E-state index in [2.05, 4.69) is 9.97 Å². The number of aromatic nitrogens is 2. The van der Waals surface area contributed by atoms with Crippen LogP contribution in [0.3, 0.4) is 0 Å². The zero-order valence-corrected chi connectivity index (χ0v) is 15.0. The maximum atomic E-state index is 12.0. The SMILES string of the molecule is COC(=O)c1cc2nc3c(C(N)=O)c(O)c4ccccc4c3nc2cc1OC. The number of hydrogen-bond donors (Lipinski definition) is 2. The van der Waals surface area contributed by atoms with Crippen LogP contribution in [0.25, 0.3) is 32.8 Å². The third-order valence-corrected chi connectivity index (χ3v) is 4.55. The minimum absolute atomic E-state index is 0.126. The Labute approximate surface area is 158 Å². The van der Waals surface area contributed by atoms with Gasteiger partial charge >= 0.3 is 5.97 Å². The van der Waals surface area contributed by atoms with Gasteiger partial charge in [0.15, 0.2) is 0 Å². The van der Waals surface area contributed by atoms with E-state index in [0.717, 1.165) is 0 Å². The Morgan fingerprint density at radius 2 is 1.64 bits per heavy atom. The van der Waals surface area contributed by atoms with E-state index < -0.39 is 11.9 Å². The maximum absolute atomic E-state index is 12.0. The van der Waals surface area contributed by atoms with E-state index in [1.807, 2.05) is 0 Å². The minimum Gasteiger partial charge on any atom is -0.506 e. The van der Waals surface area contributed by atoms with Crippen LogP contribution >= 0.6 is 0 Å². The van der Waals surface area contributed by atoms with Gasteiger partial charge in [-0.25, -0.2) is 14.8 Å². The van der Waals surface area contributed by atoms with Gasteiger partial charge in [-0.05, 0) is 6.07 Å². The molecule has 0 unspecified atom stereocenters. The molecule has 28 heavy (non-hydrogen) atoms. The second kappa shape index (κ2) is 6.34. The summed E-state index contributed by atoms with van der Waals surface area (Å²) in [5, 5.41) is 11.6. The average molecular weight is 377 g/mol. The highest BCUT2D eigenvalue weighted by Crippen LogP contribution is 2.37. The molecule has 3 aromatic carbocycles. The number of ether oxygens (including phenoxy) is 2. The maximum Gasteiger partial charge on any atom is 0.341 e. The number of methoxy groups -OCH3 is 2. The van der Waals surface area contributed by atoms with Gasteiger partial charge in [-0.2, -0.15) is 0 Å². The molecule has 0 spiro atoms. The second-order valence-electron chi connectivity index (χ2n) is 6.09. The lowest BCUT2D eigenvalue weighted by Crippen LogP contribution is -2.13. The highest BCUT2D eigenvalue weighted by Gasteiger charge is 2.22. The van der Waals surface area contributed by atoms with Crippen molar-refractivity contribution in [1.29, 1.82) is 0 Å². The van der Waals surface area contributed by atoms with E-state index in [9.17, 15) is 14.7 Å². The lowest BCUT2D eigenvalue weighted by Gasteiger charge is -2.12. The van der Waals surface area contributed by atoms with Gasteiger partial charge < -0.3 is 20.3 Å². The predicted octanol–water partition coefficient (Wildman–Crippen LogP) is 2.54. The van der Waals surface area contributed by atoms with Crippen LogP contribution in [-0.4, -0.2) is 41.2 Å². The van der Waals surface area contributed by atoms with Crippen LogP contribution in [-0.2, 0) is 4.74 Å². The van der Waals surface area contributed by atoms with Crippen LogP contribution in [0.1, 0.15) is 20.7 Å². The highest BCUT2D eigenvalue weighted by molar-refractivity contribution is 6.19. The minimum atomic E-state index is -0.830. The fourth-order valence-electron chi connectivity index (χ4n) is 3.26. The van der Waals surface area contributed by atoms with Crippen molar-refractivity contribution >= 4 is 44.7 Å². The molecule has 3 N–H and O–H groups in total. The lowest BCUT2D eigenvalue weighted by atomic mass is 10.0. The molecule has 4 aromatic rings. The Balaban J connectivity index is 2.20. The Morgan fingerprint density at radius 1 is 1.00 bits per heavy atom. The van der Waals surface area contributed by atoms with Crippen molar-refractivity contribution in [3.8, 4) is 11.5 Å². The first kappa shape index (κ1) is 17.5. The van der Waals surface area contributed by atoms with Gasteiger partial charge in [0, 0.05) is 16.8 Å². The number of hydrogen-bond acceptors (Lipinski definition) is 7. The number of fused-ring (bicyclic) bond motifs is 4. The zero-order chi connectivity index (χ0) is 20.0. The Morgan fingerprint density at radius 3 is 2.29 bits per heavy atom. The number of carbonyl (C=O) groups is 2. The standard InChI is InChI=1S/C20H15N3O5/c1-27-14-8-13-12(7-11(14)20(26)28-2)23-17-15(19(21)25)18(24)10-6-4-3-5-9(10)16(17)22-13/h3-8,24H,1-2H3,(H2,21,25). The molecule has 140 valence electrons. The first-order valence-electron chi connectivity index (χ1n) is 8.27. The van der Waals surface area contributed by atoms with E-state index in [-0.39, 0.29) is 28.1 Å². The molecule has 0 aliphatic heterocycles. The fourth-order valence-corrected chi connectivity index (χ4v) is 3.26. The number of amides is 1. The van der Waals surface area contributed by atoms with Gasteiger partial charge in [-0.15, -0.1) is 0 Å². The average Bonchev–Trinajstić information content (AvgIpc) is 2.71.